The van der Waals surface area contributed by atoms with E-state index in [9.17, 15) is 4.39 Å². The van der Waals surface area contributed by atoms with Gasteiger partial charge in [0.15, 0.2) is 0 Å². The Labute approximate surface area is 196 Å². The van der Waals surface area contributed by atoms with Crippen molar-refractivity contribution in [2.45, 2.75) is 103 Å². The SMILES string of the molecule is CCCCCCc1ccc([C@H]2CC[C@H](C#Cc3ccc(CCCCC)cc3F)CC2)cc1. The number of unbranched alkanes of at least 4 members (excludes halogenated alkanes) is 5. The summed E-state index contributed by atoms with van der Waals surface area (Å²) < 4.78 is 14.4. The monoisotopic (exact) mass is 432 g/mol. The van der Waals surface area contributed by atoms with Gasteiger partial charge in [0.1, 0.15) is 5.82 Å². The minimum Gasteiger partial charge on any atom is -0.206 e. The molecule has 0 aliphatic heterocycles. The molecule has 0 spiro atoms. The molecule has 0 unspecified atom stereocenters. The van der Waals surface area contributed by atoms with Gasteiger partial charge < -0.3 is 0 Å². The molecule has 1 aliphatic rings. The van der Waals surface area contributed by atoms with E-state index in [2.05, 4.69) is 50.0 Å². The molecule has 1 aliphatic carbocycles. The first-order valence-electron chi connectivity index (χ1n) is 13.1. The predicted molar refractivity (Wildman–Crippen MR) is 135 cm³/mol. The molecule has 32 heavy (non-hydrogen) atoms. The Morgan fingerprint density at radius 2 is 1.38 bits per heavy atom. The van der Waals surface area contributed by atoms with Crippen LogP contribution >= 0.6 is 0 Å². The number of halogens is 1. The highest BCUT2D eigenvalue weighted by Crippen LogP contribution is 2.35. The van der Waals surface area contributed by atoms with E-state index in [0.717, 1.165) is 31.2 Å². The molecule has 1 fully saturated rings. The Kier molecular flexibility index (Phi) is 10.3. The largest absolute Gasteiger partial charge is 0.206 e. The van der Waals surface area contributed by atoms with Crippen LogP contribution < -0.4 is 0 Å². The quantitative estimate of drug-likeness (QED) is 0.259. The molecule has 0 aromatic heterocycles. The summed E-state index contributed by atoms with van der Waals surface area (Å²) in [5, 5.41) is 0. The second kappa shape index (κ2) is 13.5. The van der Waals surface area contributed by atoms with Gasteiger partial charge in [0, 0.05) is 5.92 Å². The number of benzene rings is 2. The molecule has 0 saturated heterocycles. The van der Waals surface area contributed by atoms with Crippen LogP contribution in [0.15, 0.2) is 42.5 Å². The smallest absolute Gasteiger partial charge is 0.139 e. The first-order valence-corrected chi connectivity index (χ1v) is 13.1. The summed E-state index contributed by atoms with van der Waals surface area (Å²) in [6, 6.07) is 15.0. The molecule has 0 amide bonds. The van der Waals surface area contributed by atoms with Gasteiger partial charge >= 0.3 is 0 Å². The van der Waals surface area contributed by atoms with Gasteiger partial charge in [-0.15, -0.1) is 0 Å². The molecule has 0 radical (unpaired) electrons. The van der Waals surface area contributed by atoms with Gasteiger partial charge in [0.05, 0.1) is 5.56 Å². The second-order valence-corrected chi connectivity index (χ2v) is 9.64. The molecule has 2 aromatic rings. The molecule has 0 atom stereocenters. The van der Waals surface area contributed by atoms with Crippen LogP contribution in [0.4, 0.5) is 4.39 Å². The maximum absolute atomic E-state index is 14.4. The molecule has 1 heteroatoms. The van der Waals surface area contributed by atoms with E-state index in [1.54, 1.807) is 6.07 Å². The van der Waals surface area contributed by atoms with Crippen molar-refractivity contribution in [3.05, 3.63) is 70.5 Å². The first-order chi connectivity index (χ1) is 15.7. The van der Waals surface area contributed by atoms with Crippen LogP contribution in [0.5, 0.6) is 0 Å². The topological polar surface area (TPSA) is 0 Å². The van der Waals surface area contributed by atoms with Crippen LogP contribution in [-0.4, -0.2) is 0 Å². The summed E-state index contributed by atoms with van der Waals surface area (Å²) in [5.74, 6) is 7.41. The molecule has 3 rings (SSSR count). The Morgan fingerprint density at radius 3 is 2.06 bits per heavy atom. The first kappa shape index (κ1) is 24.6. The highest BCUT2D eigenvalue weighted by Gasteiger charge is 2.21. The average molecular weight is 433 g/mol. The lowest BCUT2D eigenvalue weighted by Crippen LogP contribution is -2.12. The van der Waals surface area contributed by atoms with E-state index in [4.69, 9.17) is 0 Å². The van der Waals surface area contributed by atoms with Crippen LogP contribution in [0, 0.1) is 23.6 Å². The van der Waals surface area contributed by atoms with Gasteiger partial charge in [0.2, 0.25) is 0 Å². The normalized spacial score (nSPS) is 18.2. The van der Waals surface area contributed by atoms with Crippen molar-refractivity contribution in [2.75, 3.05) is 0 Å². The second-order valence-electron chi connectivity index (χ2n) is 9.64. The number of aryl methyl sites for hydroxylation is 2. The van der Waals surface area contributed by atoms with E-state index >= 15 is 0 Å². The van der Waals surface area contributed by atoms with E-state index in [1.165, 1.54) is 68.9 Å². The van der Waals surface area contributed by atoms with Crippen molar-refractivity contribution in [2.24, 2.45) is 5.92 Å². The fraction of sp³-hybridized carbons (Fsp3) is 0.548. The van der Waals surface area contributed by atoms with Crippen LogP contribution in [0.1, 0.15) is 113 Å². The van der Waals surface area contributed by atoms with Crippen LogP contribution in [0.2, 0.25) is 0 Å². The van der Waals surface area contributed by atoms with E-state index in [0.29, 0.717) is 17.4 Å². The minimum absolute atomic E-state index is 0.157. The van der Waals surface area contributed by atoms with Gasteiger partial charge in [0.25, 0.3) is 0 Å². The fourth-order valence-electron chi connectivity index (χ4n) is 4.86. The standard InChI is InChI=1S/C31H41F/c1-3-5-7-9-10-25-12-18-28(19-13-25)29-20-14-26(15-21-29)16-22-30-23-17-27(24-31(30)32)11-8-6-4-2/h12-13,17-19,23-24,26,29H,3-11,14-15,20-21H2,1-2H3/t26-,29-. The molecular weight excluding hydrogens is 391 g/mol. The van der Waals surface area contributed by atoms with Crippen molar-refractivity contribution in [3.8, 4) is 11.8 Å². The van der Waals surface area contributed by atoms with Gasteiger partial charge in [-0.25, -0.2) is 4.39 Å². The third kappa shape index (κ3) is 7.81. The van der Waals surface area contributed by atoms with Crippen molar-refractivity contribution in [1.82, 2.24) is 0 Å². The maximum Gasteiger partial charge on any atom is 0.139 e. The predicted octanol–water partition coefficient (Wildman–Crippen LogP) is 9.01. The Balaban J connectivity index is 1.47. The summed E-state index contributed by atoms with van der Waals surface area (Å²) in [5.41, 5.74) is 4.61. The zero-order valence-corrected chi connectivity index (χ0v) is 20.3. The van der Waals surface area contributed by atoms with Gasteiger partial charge in [-0.1, -0.05) is 88.1 Å². The molecule has 0 heterocycles. The van der Waals surface area contributed by atoms with Crippen LogP contribution in [-0.2, 0) is 12.8 Å². The van der Waals surface area contributed by atoms with Gasteiger partial charge in [-0.2, -0.15) is 0 Å². The highest BCUT2D eigenvalue weighted by molar-refractivity contribution is 5.38. The number of hydrogen-bond acceptors (Lipinski definition) is 0. The Hall–Kier alpha value is -2.07. The molecule has 172 valence electrons. The summed E-state index contributed by atoms with van der Waals surface area (Å²) in [6.07, 6.45) is 15.6. The third-order valence-corrected chi connectivity index (χ3v) is 7.01. The zero-order valence-electron chi connectivity index (χ0n) is 20.3. The summed E-state index contributed by atoms with van der Waals surface area (Å²) in [4.78, 5) is 0. The van der Waals surface area contributed by atoms with E-state index in [1.807, 2.05) is 12.1 Å². The van der Waals surface area contributed by atoms with Crippen LogP contribution in [0.3, 0.4) is 0 Å². The van der Waals surface area contributed by atoms with E-state index in [-0.39, 0.29) is 5.82 Å². The average Bonchev–Trinajstić information content (AvgIpc) is 2.82. The van der Waals surface area contributed by atoms with Crippen molar-refractivity contribution in [3.63, 3.8) is 0 Å². The summed E-state index contributed by atoms with van der Waals surface area (Å²) in [6.45, 7) is 4.46. The Bertz CT molecular complexity index is 860. The lowest BCUT2D eigenvalue weighted by atomic mass is 9.78. The molecule has 1 saturated carbocycles. The van der Waals surface area contributed by atoms with Crippen molar-refractivity contribution >= 4 is 0 Å². The molecule has 0 N–H and O–H groups in total. The number of rotatable bonds is 10. The number of hydrogen-bond donors (Lipinski definition) is 0. The molecule has 0 nitrogen and oxygen atoms in total. The summed E-state index contributed by atoms with van der Waals surface area (Å²) in [7, 11) is 0. The summed E-state index contributed by atoms with van der Waals surface area (Å²) >= 11 is 0. The van der Waals surface area contributed by atoms with Crippen LogP contribution in [0.25, 0.3) is 0 Å². The zero-order chi connectivity index (χ0) is 22.6. The highest BCUT2D eigenvalue weighted by atomic mass is 19.1. The molecule has 2 aromatic carbocycles. The van der Waals surface area contributed by atoms with Gasteiger partial charge in [-0.3, -0.25) is 0 Å². The minimum atomic E-state index is -0.157. The maximum atomic E-state index is 14.4. The fourth-order valence-corrected chi connectivity index (χ4v) is 4.86. The van der Waals surface area contributed by atoms with Crippen molar-refractivity contribution in [1.29, 1.82) is 0 Å². The molecule has 0 bridgehead atoms. The Morgan fingerprint density at radius 1 is 0.750 bits per heavy atom. The van der Waals surface area contributed by atoms with E-state index < -0.39 is 0 Å². The third-order valence-electron chi connectivity index (χ3n) is 7.01. The van der Waals surface area contributed by atoms with Gasteiger partial charge in [-0.05, 0) is 86.1 Å². The van der Waals surface area contributed by atoms with Crippen molar-refractivity contribution < 1.29 is 4.39 Å². The lowest BCUT2D eigenvalue weighted by Gasteiger charge is -2.26. The molecular formula is C31H41F. The lowest BCUT2D eigenvalue weighted by molar-refractivity contribution is 0.384.